The van der Waals surface area contributed by atoms with E-state index in [1.165, 1.54) is 19.3 Å². The summed E-state index contributed by atoms with van der Waals surface area (Å²) >= 11 is 0. The molecule has 1 fully saturated rings. The van der Waals surface area contributed by atoms with Crippen molar-refractivity contribution in [1.82, 2.24) is 4.90 Å². The molecule has 0 radical (unpaired) electrons. The number of aliphatic hydroxyl groups excluding tert-OH is 1. The molecular weight excluding hydrogens is 178 g/mol. The van der Waals surface area contributed by atoms with Gasteiger partial charge in [0.15, 0.2) is 5.76 Å². The van der Waals surface area contributed by atoms with Gasteiger partial charge in [-0.2, -0.15) is 0 Å². The lowest BCUT2D eigenvalue weighted by atomic mass is 10.1. The van der Waals surface area contributed by atoms with E-state index in [-0.39, 0.29) is 17.5 Å². The van der Waals surface area contributed by atoms with Gasteiger partial charge in [-0.05, 0) is 19.3 Å². The maximum absolute atomic E-state index is 11.4. The molecule has 1 aliphatic carbocycles. The highest BCUT2D eigenvalue weighted by molar-refractivity contribution is 5.97. The molecule has 1 heterocycles. The molecule has 0 bridgehead atoms. The van der Waals surface area contributed by atoms with Gasteiger partial charge < -0.3 is 10.0 Å². The highest BCUT2D eigenvalue weighted by atomic mass is 16.3. The zero-order chi connectivity index (χ0) is 10.1. The fraction of sp³-hybridized carbons (Fsp3) is 0.727. The summed E-state index contributed by atoms with van der Waals surface area (Å²) in [6, 6.07) is 0. The van der Waals surface area contributed by atoms with Gasteiger partial charge in [-0.25, -0.2) is 0 Å². The molecule has 3 nitrogen and oxygen atoms in total. The number of Topliss-reactive ketones (excluding diaryl/α,β-unsaturated/α-hetero) is 1. The molecule has 0 saturated carbocycles. The maximum atomic E-state index is 11.4. The molecule has 0 aromatic rings. The Balaban J connectivity index is 2.13. The highest BCUT2D eigenvalue weighted by Crippen LogP contribution is 2.30. The summed E-state index contributed by atoms with van der Waals surface area (Å²) in [6.07, 6.45) is 4.36. The van der Waals surface area contributed by atoms with Crippen LogP contribution in [0.2, 0.25) is 0 Å². The van der Waals surface area contributed by atoms with Crippen LogP contribution in [0, 0.1) is 5.92 Å². The van der Waals surface area contributed by atoms with E-state index in [2.05, 4.69) is 4.90 Å². The summed E-state index contributed by atoms with van der Waals surface area (Å²) in [5.74, 6) is -0.0723. The summed E-state index contributed by atoms with van der Waals surface area (Å²) in [5, 5.41) is 9.67. The summed E-state index contributed by atoms with van der Waals surface area (Å²) in [5.41, 5.74) is 0.891. The minimum Gasteiger partial charge on any atom is -0.503 e. The molecular formula is C11H17NO2. The summed E-state index contributed by atoms with van der Waals surface area (Å²) in [7, 11) is 0. The molecule has 1 atom stereocenters. The van der Waals surface area contributed by atoms with Gasteiger partial charge in [-0.15, -0.1) is 0 Å². The summed E-state index contributed by atoms with van der Waals surface area (Å²) < 4.78 is 0. The number of carbonyl (C=O) groups is 1. The number of hydrogen-bond donors (Lipinski definition) is 1. The largest absolute Gasteiger partial charge is 0.503 e. The molecule has 2 rings (SSSR count). The molecule has 0 aromatic heterocycles. The van der Waals surface area contributed by atoms with Crippen LogP contribution in [0.15, 0.2) is 11.5 Å². The Labute approximate surface area is 84.4 Å². The van der Waals surface area contributed by atoms with E-state index in [1.807, 2.05) is 6.92 Å². The Morgan fingerprint density at radius 3 is 2.43 bits per heavy atom. The van der Waals surface area contributed by atoms with E-state index in [0.717, 1.165) is 25.2 Å². The third kappa shape index (κ3) is 1.51. The second-order valence-corrected chi connectivity index (χ2v) is 4.31. The fourth-order valence-corrected chi connectivity index (χ4v) is 2.30. The normalized spacial score (nSPS) is 28.8. The van der Waals surface area contributed by atoms with E-state index >= 15 is 0 Å². The smallest absolute Gasteiger partial charge is 0.202 e. The van der Waals surface area contributed by atoms with Crippen molar-refractivity contribution < 1.29 is 9.90 Å². The lowest BCUT2D eigenvalue weighted by molar-refractivity contribution is -0.120. The minimum absolute atomic E-state index is 0.0214. The Bertz CT molecular complexity index is 277. The zero-order valence-corrected chi connectivity index (χ0v) is 8.62. The molecule has 1 aliphatic heterocycles. The van der Waals surface area contributed by atoms with E-state index in [0.29, 0.717) is 0 Å². The first kappa shape index (κ1) is 9.56. The Kier molecular flexibility index (Phi) is 2.48. The number of ketones is 1. The topological polar surface area (TPSA) is 40.5 Å². The molecule has 3 heteroatoms. The molecule has 0 spiro atoms. The number of aliphatic hydroxyl groups is 1. The number of hydrogen-bond acceptors (Lipinski definition) is 3. The number of likely N-dealkylation sites (tertiary alicyclic amines) is 1. The van der Waals surface area contributed by atoms with Crippen molar-refractivity contribution in [2.45, 2.75) is 32.6 Å². The highest BCUT2D eigenvalue weighted by Gasteiger charge is 2.32. The second-order valence-electron chi connectivity index (χ2n) is 4.31. The van der Waals surface area contributed by atoms with Crippen LogP contribution in [0.4, 0.5) is 0 Å². The van der Waals surface area contributed by atoms with Crippen LogP contribution >= 0.6 is 0 Å². The van der Waals surface area contributed by atoms with Crippen molar-refractivity contribution in [1.29, 1.82) is 0 Å². The fourth-order valence-electron chi connectivity index (χ4n) is 2.30. The number of allylic oxidation sites excluding steroid dienone is 2. The van der Waals surface area contributed by atoms with E-state index in [4.69, 9.17) is 0 Å². The van der Waals surface area contributed by atoms with Crippen molar-refractivity contribution in [2.75, 3.05) is 13.1 Å². The first-order valence-electron chi connectivity index (χ1n) is 5.41. The average molecular weight is 195 g/mol. The summed E-state index contributed by atoms with van der Waals surface area (Å²) in [4.78, 5) is 13.6. The second kappa shape index (κ2) is 3.64. The zero-order valence-electron chi connectivity index (χ0n) is 8.62. The number of piperidine rings is 1. The third-order valence-electron chi connectivity index (χ3n) is 3.19. The number of nitrogens with zero attached hydrogens (tertiary/aromatic N) is 1. The van der Waals surface area contributed by atoms with Crippen LogP contribution in [0.5, 0.6) is 0 Å². The lowest BCUT2D eigenvalue weighted by Gasteiger charge is -2.29. The standard InChI is InChI=1S/C11H17NO2/c1-8-7-9(11(14)10(8)13)12-5-3-2-4-6-12/h8,14H,2-7H2,1H3. The van der Waals surface area contributed by atoms with Crippen molar-refractivity contribution >= 4 is 5.78 Å². The lowest BCUT2D eigenvalue weighted by Crippen LogP contribution is -2.29. The van der Waals surface area contributed by atoms with Crippen LogP contribution in [0.1, 0.15) is 32.6 Å². The van der Waals surface area contributed by atoms with E-state index in [1.54, 1.807) is 0 Å². The predicted molar refractivity (Wildman–Crippen MR) is 53.9 cm³/mol. The van der Waals surface area contributed by atoms with Crippen LogP contribution < -0.4 is 0 Å². The molecule has 0 aromatic carbocycles. The summed E-state index contributed by atoms with van der Waals surface area (Å²) in [6.45, 7) is 3.88. The molecule has 1 unspecified atom stereocenters. The van der Waals surface area contributed by atoms with Crippen LogP contribution in [-0.4, -0.2) is 28.9 Å². The first-order chi connectivity index (χ1) is 6.70. The minimum atomic E-state index is -0.0782. The van der Waals surface area contributed by atoms with Crippen LogP contribution in [0.3, 0.4) is 0 Å². The van der Waals surface area contributed by atoms with Crippen LogP contribution in [-0.2, 0) is 4.79 Å². The molecule has 14 heavy (non-hydrogen) atoms. The van der Waals surface area contributed by atoms with E-state index < -0.39 is 0 Å². The molecule has 1 saturated heterocycles. The molecule has 1 N–H and O–H groups in total. The number of rotatable bonds is 1. The van der Waals surface area contributed by atoms with Gasteiger partial charge in [0.2, 0.25) is 5.78 Å². The predicted octanol–water partition coefficient (Wildman–Crippen LogP) is 1.85. The van der Waals surface area contributed by atoms with Crippen molar-refractivity contribution in [2.24, 2.45) is 5.92 Å². The van der Waals surface area contributed by atoms with Gasteiger partial charge in [0.25, 0.3) is 0 Å². The molecule has 2 aliphatic rings. The SMILES string of the molecule is CC1CC(N2CCCCC2)=C(O)C1=O. The van der Waals surface area contributed by atoms with E-state index in [9.17, 15) is 9.90 Å². The average Bonchev–Trinajstić information content (AvgIpc) is 2.47. The van der Waals surface area contributed by atoms with Gasteiger partial charge in [0, 0.05) is 25.4 Å². The first-order valence-corrected chi connectivity index (χ1v) is 5.41. The van der Waals surface area contributed by atoms with Gasteiger partial charge in [0.05, 0.1) is 5.70 Å². The maximum Gasteiger partial charge on any atom is 0.202 e. The Hall–Kier alpha value is -0.990. The van der Waals surface area contributed by atoms with Gasteiger partial charge in [-0.3, -0.25) is 4.79 Å². The van der Waals surface area contributed by atoms with Crippen molar-refractivity contribution in [3.8, 4) is 0 Å². The molecule has 0 amide bonds. The quantitative estimate of drug-likeness (QED) is 0.694. The Morgan fingerprint density at radius 1 is 1.29 bits per heavy atom. The number of carbonyl (C=O) groups excluding carboxylic acids is 1. The van der Waals surface area contributed by atoms with Gasteiger partial charge in [0.1, 0.15) is 0 Å². The van der Waals surface area contributed by atoms with Crippen molar-refractivity contribution in [3.63, 3.8) is 0 Å². The van der Waals surface area contributed by atoms with Gasteiger partial charge in [-0.1, -0.05) is 6.92 Å². The molecule has 78 valence electrons. The van der Waals surface area contributed by atoms with Crippen molar-refractivity contribution in [3.05, 3.63) is 11.5 Å². The van der Waals surface area contributed by atoms with Gasteiger partial charge >= 0.3 is 0 Å². The third-order valence-corrected chi connectivity index (χ3v) is 3.19. The monoisotopic (exact) mass is 195 g/mol. The van der Waals surface area contributed by atoms with Crippen LogP contribution in [0.25, 0.3) is 0 Å². The Morgan fingerprint density at radius 2 is 1.93 bits per heavy atom.